The lowest BCUT2D eigenvalue weighted by atomic mass is 9.92. The molecule has 3 aliphatic rings. The molecule has 0 aromatic carbocycles. The number of hydrogen-bond acceptors (Lipinski definition) is 2. The maximum Gasteiger partial charge on any atom is 0.0440 e. The van der Waals surface area contributed by atoms with E-state index in [0.717, 1.165) is 6.42 Å². The van der Waals surface area contributed by atoms with Crippen LogP contribution in [0.25, 0.3) is 0 Å². The van der Waals surface area contributed by atoms with Crippen molar-refractivity contribution >= 4 is 0 Å². The van der Waals surface area contributed by atoms with Gasteiger partial charge < -0.3 is 4.90 Å². The van der Waals surface area contributed by atoms with E-state index in [1.54, 1.807) is 5.57 Å². The molecule has 1 fully saturated rings. The molecule has 0 radical (unpaired) electrons. The van der Waals surface area contributed by atoms with Crippen LogP contribution in [0.4, 0.5) is 0 Å². The first-order valence-corrected chi connectivity index (χ1v) is 11.1. The van der Waals surface area contributed by atoms with Crippen molar-refractivity contribution in [1.82, 2.24) is 9.80 Å². The number of unbranched alkanes of at least 4 members (excludes halogenated alkanes) is 2. The van der Waals surface area contributed by atoms with Gasteiger partial charge in [0.2, 0.25) is 0 Å². The average molecular weight is 355 g/mol. The molecule has 2 aliphatic carbocycles. The summed E-state index contributed by atoms with van der Waals surface area (Å²) in [7, 11) is 0. The lowest BCUT2D eigenvalue weighted by Gasteiger charge is -2.37. The largest absolute Gasteiger partial charge is 0.368 e. The highest BCUT2D eigenvalue weighted by atomic mass is 15.3. The minimum atomic E-state index is 1.07. The van der Waals surface area contributed by atoms with Crippen molar-refractivity contribution in [3.63, 3.8) is 0 Å². The minimum absolute atomic E-state index is 1.07. The number of nitrogens with zero attached hydrogens (tertiary/aromatic N) is 2. The topological polar surface area (TPSA) is 6.48 Å². The van der Waals surface area contributed by atoms with E-state index in [4.69, 9.17) is 0 Å². The Hall–Kier alpha value is -1.28. The molecule has 0 aromatic rings. The van der Waals surface area contributed by atoms with Crippen molar-refractivity contribution in [2.45, 2.75) is 71.1 Å². The molecule has 144 valence electrons. The highest BCUT2D eigenvalue weighted by molar-refractivity contribution is 5.48. The molecule has 0 atom stereocenters. The summed E-state index contributed by atoms with van der Waals surface area (Å²) >= 11 is 0. The van der Waals surface area contributed by atoms with Crippen LogP contribution in [0.1, 0.15) is 71.1 Å². The third-order valence-electron chi connectivity index (χ3n) is 6.04. The fourth-order valence-electron chi connectivity index (χ4n) is 4.40. The monoisotopic (exact) mass is 354 g/mol. The molecule has 26 heavy (non-hydrogen) atoms. The smallest absolute Gasteiger partial charge is 0.0440 e. The second-order valence-corrected chi connectivity index (χ2v) is 8.06. The lowest BCUT2D eigenvalue weighted by Crippen LogP contribution is -2.46. The number of allylic oxidation sites excluding steroid dienone is 7. The molecule has 3 rings (SSSR count). The van der Waals surface area contributed by atoms with Gasteiger partial charge >= 0.3 is 0 Å². The summed E-state index contributed by atoms with van der Waals surface area (Å²) in [5, 5.41) is 0. The van der Waals surface area contributed by atoms with Gasteiger partial charge in [0.25, 0.3) is 0 Å². The Balaban J connectivity index is 1.70. The fourth-order valence-corrected chi connectivity index (χ4v) is 4.40. The van der Waals surface area contributed by atoms with Gasteiger partial charge in [-0.2, -0.15) is 0 Å². The molecular formula is C24H38N2. The van der Waals surface area contributed by atoms with Gasteiger partial charge in [0.1, 0.15) is 0 Å². The molecule has 1 saturated heterocycles. The Morgan fingerprint density at radius 3 is 2.54 bits per heavy atom. The van der Waals surface area contributed by atoms with E-state index >= 15 is 0 Å². The van der Waals surface area contributed by atoms with E-state index in [0.29, 0.717) is 0 Å². The lowest BCUT2D eigenvalue weighted by molar-refractivity contribution is 0.159. The Morgan fingerprint density at radius 2 is 1.69 bits per heavy atom. The number of piperazine rings is 1. The van der Waals surface area contributed by atoms with Crippen LogP contribution >= 0.6 is 0 Å². The first-order valence-electron chi connectivity index (χ1n) is 11.1. The second kappa shape index (κ2) is 10.8. The molecular weight excluding hydrogens is 316 g/mol. The van der Waals surface area contributed by atoms with E-state index in [-0.39, 0.29) is 0 Å². The van der Waals surface area contributed by atoms with E-state index in [1.807, 2.05) is 0 Å². The summed E-state index contributed by atoms with van der Waals surface area (Å²) in [6.07, 6.45) is 25.2. The Morgan fingerprint density at radius 1 is 0.885 bits per heavy atom. The average Bonchev–Trinajstić information content (AvgIpc) is 2.88. The van der Waals surface area contributed by atoms with Crippen molar-refractivity contribution in [2.24, 2.45) is 0 Å². The molecule has 0 spiro atoms. The molecule has 0 bridgehead atoms. The summed E-state index contributed by atoms with van der Waals surface area (Å²) in [6.45, 7) is 8.37. The molecule has 1 aliphatic heterocycles. The first-order chi connectivity index (χ1) is 12.9. The van der Waals surface area contributed by atoms with Crippen LogP contribution in [0, 0.1) is 0 Å². The normalized spacial score (nSPS) is 24.8. The van der Waals surface area contributed by atoms with E-state index in [1.165, 1.54) is 102 Å². The van der Waals surface area contributed by atoms with Gasteiger partial charge in [-0.15, -0.1) is 0 Å². The van der Waals surface area contributed by atoms with Crippen LogP contribution in [0.2, 0.25) is 0 Å². The Bertz CT molecular complexity index is 545. The van der Waals surface area contributed by atoms with Crippen LogP contribution in [0.5, 0.6) is 0 Å². The SMILES string of the molecule is CCCCCN1CCN(C2=C(/C3=C/CCCCCC3)C=CCC=C2)CC1. The van der Waals surface area contributed by atoms with Crippen LogP contribution < -0.4 is 0 Å². The zero-order valence-corrected chi connectivity index (χ0v) is 16.9. The zero-order valence-electron chi connectivity index (χ0n) is 16.9. The molecule has 2 heteroatoms. The van der Waals surface area contributed by atoms with Gasteiger partial charge in [0, 0.05) is 37.4 Å². The van der Waals surface area contributed by atoms with Gasteiger partial charge in [-0.1, -0.05) is 56.9 Å². The van der Waals surface area contributed by atoms with Crippen LogP contribution in [-0.2, 0) is 0 Å². The number of rotatable bonds is 6. The van der Waals surface area contributed by atoms with E-state index in [2.05, 4.69) is 47.1 Å². The van der Waals surface area contributed by atoms with Gasteiger partial charge in [-0.3, -0.25) is 4.90 Å². The third kappa shape index (κ3) is 5.61. The predicted octanol–water partition coefficient (Wildman–Crippen LogP) is 5.85. The molecule has 0 aromatic heterocycles. The molecule has 1 heterocycles. The van der Waals surface area contributed by atoms with E-state index < -0.39 is 0 Å². The standard InChI is InChI=1S/C24H38N2/c1-2-3-12-17-25-18-20-26(21-19-25)24-16-11-7-10-15-23(24)22-13-8-5-4-6-9-14-22/h10-11,13,15-16H,2-9,12,14,17-21H2,1H3/b22-13+. The quantitative estimate of drug-likeness (QED) is 0.552. The van der Waals surface area contributed by atoms with Gasteiger partial charge in [-0.25, -0.2) is 0 Å². The molecule has 0 N–H and O–H groups in total. The minimum Gasteiger partial charge on any atom is -0.368 e. The summed E-state index contributed by atoms with van der Waals surface area (Å²) in [5.41, 5.74) is 4.60. The van der Waals surface area contributed by atoms with Crippen LogP contribution in [0.15, 0.2) is 47.2 Å². The van der Waals surface area contributed by atoms with Gasteiger partial charge in [-0.05, 0) is 56.7 Å². The van der Waals surface area contributed by atoms with Crippen LogP contribution in [0.3, 0.4) is 0 Å². The summed E-state index contributed by atoms with van der Waals surface area (Å²) in [4.78, 5) is 5.31. The third-order valence-corrected chi connectivity index (χ3v) is 6.04. The van der Waals surface area contributed by atoms with Crippen molar-refractivity contribution in [1.29, 1.82) is 0 Å². The summed E-state index contributed by atoms with van der Waals surface area (Å²) < 4.78 is 0. The summed E-state index contributed by atoms with van der Waals surface area (Å²) in [6, 6.07) is 0. The van der Waals surface area contributed by atoms with Crippen LogP contribution in [-0.4, -0.2) is 42.5 Å². The summed E-state index contributed by atoms with van der Waals surface area (Å²) in [5.74, 6) is 0. The maximum absolute atomic E-state index is 2.66. The second-order valence-electron chi connectivity index (χ2n) is 8.06. The van der Waals surface area contributed by atoms with Crippen molar-refractivity contribution in [3.8, 4) is 0 Å². The molecule has 2 nitrogen and oxygen atoms in total. The predicted molar refractivity (Wildman–Crippen MR) is 113 cm³/mol. The molecule has 0 saturated carbocycles. The fraction of sp³-hybridized carbons (Fsp3) is 0.667. The zero-order chi connectivity index (χ0) is 18.0. The highest BCUT2D eigenvalue weighted by Crippen LogP contribution is 2.30. The van der Waals surface area contributed by atoms with E-state index in [9.17, 15) is 0 Å². The Labute approximate surface area is 161 Å². The maximum atomic E-state index is 2.66. The number of hydrogen-bond donors (Lipinski definition) is 0. The molecule has 0 amide bonds. The van der Waals surface area contributed by atoms with Crippen molar-refractivity contribution in [2.75, 3.05) is 32.7 Å². The molecule has 0 unspecified atom stereocenters. The highest BCUT2D eigenvalue weighted by Gasteiger charge is 2.21. The van der Waals surface area contributed by atoms with Crippen molar-refractivity contribution in [3.05, 3.63) is 47.2 Å². The Kier molecular flexibility index (Phi) is 8.07. The van der Waals surface area contributed by atoms with Crippen molar-refractivity contribution < 1.29 is 0 Å². The van der Waals surface area contributed by atoms with Gasteiger partial charge in [0.05, 0.1) is 0 Å². The van der Waals surface area contributed by atoms with Gasteiger partial charge in [0.15, 0.2) is 0 Å². The first kappa shape index (κ1) is 19.5.